The van der Waals surface area contributed by atoms with Crippen LogP contribution in [0.5, 0.6) is 11.5 Å². The molecule has 11 heteroatoms. The van der Waals surface area contributed by atoms with Crippen molar-refractivity contribution in [3.63, 3.8) is 0 Å². The van der Waals surface area contributed by atoms with Gasteiger partial charge in [0, 0.05) is 41.7 Å². The summed E-state index contributed by atoms with van der Waals surface area (Å²) < 4.78 is 24.1. The molecule has 0 amide bonds. The Morgan fingerprint density at radius 2 is 1.61 bits per heavy atom. The molecule has 0 radical (unpaired) electrons. The number of benzene rings is 4. The first kappa shape index (κ1) is 38.4. The van der Waals surface area contributed by atoms with E-state index in [4.69, 9.17) is 30.5 Å². The summed E-state index contributed by atoms with van der Waals surface area (Å²) in [6, 6.07) is 27.9. The SMILES string of the molecule is Cc1c(COc2cc(OCc3cncc(C#N)c3)c(CNC(C)(CO)C(=O)O)cc2Cl)cccc1-c1cccc(-c2ccc(C3OCCCO3)cc2)c1C. The maximum Gasteiger partial charge on any atom is 0.326 e. The lowest BCUT2D eigenvalue weighted by atomic mass is 9.89. The Morgan fingerprint density at radius 1 is 0.926 bits per heavy atom. The number of halogens is 1. The van der Waals surface area contributed by atoms with Crippen LogP contribution < -0.4 is 14.8 Å². The minimum atomic E-state index is -1.59. The summed E-state index contributed by atoms with van der Waals surface area (Å²) in [5.74, 6) is -0.440. The second kappa shape index (κ2) is 17.2. The molecule has 5 aromatic rings. The van der Waals surface area contributed by atoms with Crippen molar-refractivity contribution in [3.05, 3.63) is 135 Å². The van der Waals surface area contributed by atoms with Crippen molar-refractivity contribution >= 4 is 17.6 Å². The minimum Gasteiger partial charge on any atom is -0.488 e. The lowest BCUT2D eigenvalue weighted by Gasteiger charge is -2.25. The van der Waals surface area contributed by atoms with Gasteiger partial charge >= 0.3 is 5.97 Å². The molecule has 0 aliphatic carbocycles. The number of rotatable bonds is 14. The molecule has 0 spiro atoms. The topological polar surface area (TPSA) is 143 Å². The molecule has 1 aliphatic rings. The Balaban J connectivity index is 1.23. The third-order valence-electron chi connectivity index (χ3n) is 9.66. The van der Waals surface area contributed by atoms with E-state index in [9.17, 15) is 20.3 Å². The third-order valence-corrected chi connectivity index (χ3v) is 9.96. The fourth-order valence-corrected chi connectivity index (χ4v) is 6.51. The molecule has 1 unspecified atom stereocenters. The van der Waals surface area contributed by atoms with Crippen LogP contribution >= 0.6 is 11.6 Å². The Kier molecular flexibility index (Phi) is 12.3. The zero-order valence-electron chi connectivity index (χ0n) is 30.4. The van der Waals surface area contributed by atoms with Crippen LogP contribution in [-0.2, 0) is 34.0 Å². The molecule has 0 bridgehead atoms. The monoisotopic (exact) mass is 747 g/mol. The van der Waals surface area contributed by atoms with Crippen molar-refractivity contribution in [1.82, 2.24) is 10.3 Å². The molecule has 0 saturated carbocycles. The van der Waals surface area contributed by atoms with Crippen molar-refractivity contribution in [2.24, 2.45) is 0 Å². The fourth-order valence-electron chi connectivity index (χ4n) is 6.26. The van der Waals surface area contributed by atoms with Crippen LogP contribution in [0, 0.1) is 25.2 Å². The van der Waals surface area contributed by atoms with Gasteiger partial charge in [-0.2, -0.15) is 5.26 Å². The van der Waals surface area contributed by atoms with Gasteiger partial charge in [-0.25, -0.2) is 0 Å². The van der Waals surface area contributed by atoms with Gasteiger partial charge < -0.3 is 29.2 Å². The van der Waals surface area contributed by atoms with Crippen LogP contribution in [0.1, 0.15) is 58.6 Å². The predicted octanol–water partition coefficient (Wildman–Crippen LogP) is 8.08. The molecule has 2 heterocycles. The first-order valence-electron chi connectivity index (χ1n) is 17.6. The second-order valence-electron chi connectivity index (χ2n) is 13.4. The Morgan fingerprint density at radius 3 is 2.31 bits per heavy atom. The molecule has 6 rings (SSSR count). The lowest BCUT2D eigenvalue weighted by Crippen LogP contribution is -2.52. The number of carboxylic acids is 1. The summed E-state index contributed by atoms with van der Waals surface area (Å²) in [5, 5.41) is 31.9. The summed E-state index contributed by atoms with van der Waals surface area (Å²) in [7, 11) is 0. The van der Waals surface area contributed by atoms with E-state index in [2.05, 4.69) is 78.7 Å². The van der Waals surface area contributed by atoms with Crippen molar-refractivity contribution < 1.29 is 34.0 Å². The average Bonchev–Trinajstić information content (AvgIpc) is 3.20. The van der Waals surface area contributed by atoms with Gasteiger partial charge in [0.25, 0.3) is 0 Å². The van der Waals surface area contributed by atoms with Crippen LogP contribution in [0.15, 0.2) is 91.3 Å². The number of aliphatic hydroxyl groups excluding tert-OH is 1. The Labute approximate surface area is 319 Å². The van der Waals surface area contributed by atoms with Crippen LogP contribution in [0.25, 0.3) is 22.3 Å². The quantitative estimate of drug-likeness (QED) is 0.102. The standard InChI is InChI=1S/C43H42ClN3O7/c1-27-33(7-4-9-36(27)37-10-5-8-35(28(37)2)31-11-13-32(14-12-31)41-51-15-6-16-52-41)25-54-40-19-39(53-24-30-17-29(20-45)21-46-22-30)34(18-38(40)44)23-47-43(3,26-48)42(49)50/h4-5,7-14,17-19,21-22,41,47-48H,6,15-16,23-26H2,1-3H3,(H,49,50). The van der Waals surface area contributed by atoms with Gasteiger partial charge in [-0.1, -0.05) is 72.3 Å². The highest BCUT2D eigenvalue weighted by molar-refractivity contribution is 6.32. The van der Waals surface area contributed by atoms with E-state index >= 15 is 0 Å². The number of nitrogens with one attached hydrogen (secondary N) is 1. The summed E-state index contributed by atoms with van der Waals surface area (Å²) in [6.07, 6.45) is 3.65. The number of aromatic nitrogens is 1. The van der Waals surface area contributed by atoms with Gasteiger partial charge in [0.15, 0.2) is 6.29 Å². The number of nitriles is 1. The highest BCUT2D eigenvalue weighted by Crippen LogP contribution is 2.37. The minimum absolute atomic E-state index is 0.0300. The van der Waals surface area contributed by atoms with E-state index in [1.807, 2.05) is 12.1 Å². The summed E-state index contributed by atoms with van der Waals surface area (Å²) in [5.41, 5.74) is 8.67. The summed E-state index contributed by atoms with van der Waals surface area (Å²) in [4.78, 5) is 15.9. The average molecular weight is 748 g/mol. The van der Waals surface area contributed by atoms with Gasteiger partial charge in [-0.3, -0.25) is 15.1 Å². The number of hydrogen-bond donors (Lipinski definition) is 3. The molecule has 10 nitrogen and oxygen atoms in total. The first-order chi connectivity index (χ1) is 26.1. The van der Waals surface area contributed by atoms with Crippen LogP contribution in [0.3, 0.4) is 0 Å². The molecule has 4 aromatic carbocycles. The molecule has 3 N–H and O–H groups in total. The fraction of sp³-hybridized carbons (Fsp3) is 0.279. The summed E-state index contributed by atoms with van der Waals surface area (Å²) >= 11 is 6.75. The van der Waals surface area contributed by atoms with Crippen molar-refractivity contribution in [2.75, 3.05) is 19.8 Å². The molecule has 1 aliphatic heterocycles. The number of pyridine rings is 1. The molecule has 278 valence electrons. The Hall–Kier alpha value is -5.28. The van der Waals surface area contributed by atoms with E-state index in [1.54, 1.807) is 24.4 Å². The number of hydrogen-bond acceptors (Lipinski definition) is 9. The maximum absolute atomic E-state index is 11.8. The molecular weight excluding hydrogens is 706 g/mol. The molecule has 1 aromatic heterocycles. The first-order valence-corrected chi connectivity index (χ1v) is 18.0. The smallest absolute Gasteiger partial charge is 0.326 e. The van der Waals surface area contributed by atoms with Crippen molar-refractivity contribution in [2.45, 2.75) is 58.8 Å². The molecule has 1 saturated heterocycles. The van der Waals surface area contributed by atoms with Crippen LogP contribution in [-0.4, -0.2) is 46.5 Å². The van der Waals surface area contributed by atoms with Gasteiger partial charge in [0.05, 0.1) is 30.4 Å². The molecular formula is C43H42ClN3O7. The summed E-state index contributed by atoms with van der Waals surface area (Å²) in [6.45, 7) is 6.71. The maximum atomic E-state index is 11.8. The van der Waals surface area contributed by atoms with Crippen LogP contribution in [0.2, 0.25) is 5.02 Å². The number of ether oxygens (including phenoxy) is 4. The molecule has 1 fully saturated rings. The normalized spacial score (nSPS) is 14.2. The lowest BCUT2D eigenvalue weighted by molar-refractivity contribution is -0.183. The highest BCUT2D eigenvalue weighted by atomic mass is 35.5. The van der Waals surface area contributed by atoms with Gasteiger partial charge in [0.1, 0.15) is 36.3 Å². The predicted molar refractivity (Wildman–Crippen MR) is 205 cm³/mol. The van der Waals surface area contributed by atoms with E-state index in [0.717, 1.165) is 50.9 Å². The zero-order valence-corrected chi connectivity index (χ0v) is 31.2. The van der Waals surface area contributed by atoms with Gasteiger partial charge in [-0.05, 0) is 78.3 Å². The van der Waals surface area contributed by atoms with E-state index in [0.29, 0.717) is 46.4 Å². The molecule has 54 heavy (non-hydrogen) atoms. The zero-order chi connectivity index (χ0) is 38.2. The third kappa shape index (κ3) is 8.74. The largest absolute Gasteiger partial charge is 0.488 e. The van der Waals surface area contributed by atoms with Gasteiger partial charge in [0.2, 0.25) is 0 Å². The van der Waals surface area contributed by atoms with E-state index in [-0.39, 0.29) is 26.0 Å². The number of carbonyl (C=O) groups is 1. The van der Waals surface area contributed by atoms with Crippen molar-refractivity contribution in [1.29, 1.82) is 5.26 Å². The number of aliphatic carboxylic acids is 1. The highest BCUT2D eigenvalue weighted by Gasteiger charge is 2.32. The van der Waals surface area contributed by atoms with Gasteiger partial charge in [-0.15, -0.1) is 0 Å². The number of aliphatic hydroxyl groups is 1. The number of nitrogens with zero attached hydrogens (tertiary/aromatic N) is 2. The second-order valence-corrected chi connectivity index (χ2v) is 13.8. The van der Waals surface area contributed by atoms with Crippen molar-refractivity contribution in [3.8, 4) is 39.8 Å². The van der Waals surface area contributed by atoms with Crippen LogP contribution in [0.4, 0.5) is 0 Å². The van der Waals surface area contributed by atoms with E-state index < -0.39 is 18.1 Å². The molecule has 1 atom stereocenters. The Bertz CT molecular complexity index is 2160. The number of carboxylic acid groups (broad SMARTS) is 1. The van der Waals surface area contributed by atoms with E-state index in [1.165, 1.54) is 13.1 Å².